The van der Waals surface area contributed by atoms with E-state index in [0.717, 1.165) is 27.9 Å². The third-order valence-corrected chi connectivity index (χ3v) is 5.85. The number of amides is 2. The van der Waals surface area contributed by atoms with Crippen LogP contribution in [0.1, 0.15) is 24.6 Å². The summed E-state index contributed by atoms with van der Waals surface area (Å²) in [7, 11) is 0. The number of likely N-dealkylation sites (tertiary alicyclic amines) is 1. The first-order chi connectivity index (χ1) is 15.5. The number of ether oxygens (including phenoxy) is 1. The summed E-state index contributed by atoms with van der Waals surface area (Å²) in [5, 5.41) is 2.94. The maximum absolute atomic E-state index is 12.6. The molecule has 2 amide bonds. The number of nitrogens with zero attached hydrogens (tertiary/aromatic N) is 3. The van der Waals surface area contributed by atoms with E-state index in [1.54, 1.807) is 12.4 Å². The topological polar surface area (TPSA) is 67.4 Å². The van der Waals surface area contributed by atoms with Crippen molar-refractivity contribution in [1.82, 2.24) is 14.9 Å². The Morgan fingerprint density at radius 1 is 1.19 bits per heavy atom. The van der Waals surface area contributed by atoms with Gasteiger partial charge in [-0.2, -0.15) is 0 Å². The van der Waals surface area contributed by atoms with E-state index in [4.69, 9.17) is 4.74 Å². The number of carbonyl (C=O) groups excluding carboxylic acids is 1. The monoisotopic (exact) mass is 492 g/mol. The van der Waals surface area contributed by atoms with Gasteiger partial charge in [0.2, 0.25) is 5.88 Å². The molecule has 0 saturated carbocycles. The summed E-state index contributed by atoms with van der Waals surface area (Å²) in [5.74, 6) is 1.56. The normalized spacial score (nSPS) is 17.3. The van der Waals surface area contributed by atoms with E-state index >= 15 is 0 Å². The quantitative estimate of drug-likeness (QED) is 0.464. The number of urea groups is 1. The van der Waals surface area contributed by atoms with Crippen LogP contribution in [0.5, 0.6) is 11.6 Å². The first-order valence-electron chi connectivity index (χ1n) is 10.5. The van der Waals surface area contributed by atoms with Crippen molar-refractivity contribution in [2.24, 2.45) is 5.92 Å². The van der Waals surface area contributed by atoms with Crippen LogP contribution in [0.15, 0.2) is 71.0 Å². The summed E-state index contributed by atoms with van der Waals surface area (Å²) in [5.41, 5.74) is 4.04. The number of aryl methyl sites for hydroxylation is 1. The molecule has 1 aliphatic heterocycles. The largest absolute Gasteiger partial charge is 0.439 e. The van der Waals surface area contributed by atoms with E-state index in [2.05, 4.69) is 50.3 Å². The second kappa shape index (κ2) is 9.96. The number of nitrogens with one attached hydrogen (secondary N) is 1. The van der Waals surface area contributed by atoms with Gasteiger partial charge in [0, 0.05) is 35.5 Å². The maximum atomic E-state index is 12.6. The van der Waals surface area contributed by atoms with Crippen molar-refractivity contribution in [3.05, 3.63) is 82.2 Å². The number of anilines is 1. The molecule has 164 valence electrons. The first-order valence-corrected chi connectivity index (χ1v) is 11.3. The maximum Gasteiger partial charge on any atom is 0.321 e. The summed E-state index contributed by atoms with van der Waals surface area (Å²) in [6.45, 7) is 5.44. The van der Waals surface area contributed by atoms with Gasteiger partial charge in [-0.3, -0.25) is 4.98 Å². The van der Waals surface area contributed by atoms with E-state index in [-0.39, 0.29) is 11.9 Å². The molecule has 1 aliphatic rings. The number of carbonyl (C=O) groups is 1. The molecule has 0 radical (unpaired) electrons. The average Bonchev–Trinajstić information content (AvgIpc) is 2.78. The minimum Gasteiger partial charge on any atom is -0.439 e. The van der Waals surface area contributed by atoms with Crippen molar-refractivity contribution in [1.29, 1.82) is 0 Å². The van der Waals surface area contributed by atoms with Gasteiger partial charge in [-0.25, -0.2) is 9.78 Å². The van der Waals surface area contributed by atoms with E-state index in [9.17, 15) is 4.79 Å². The predicted octanol–water partition coefficient (Wildman–Crippen LogP) is 6.30. The third-order valence-electron chi connectivity index (χ3n) is 5.38. The number of rotatable bonds is 4. The highest BCUT2D eigenvalue weighted by Gasteiger charge is 2.24. The van der Waals surface area contributed by atoms with Gasteiger partial charge in [-0.15, -0.1) is 0 Å². The lowest BCUT2D eigenvalue weighted by Crippen LogP contribution is -2.42. The lowest BCUT2D eigenvalue weighted by molar-refractivity contribution is 0.198. The van der Waals surface area contributed by atoms with Gasteiger partial charge >= 0.3 is 6.03 Å². The Bertz CT molecular complexity index is 1110. The zero-order chi connectivity index (χ0) is 22.5. The van der Waals surface area contributed by atoms with Crippen molar-refractivity contribution in [3.63, 3.8) is 0 Å². The van der Waals surface area contributed by atoms with Crippen LogP contribution in [0, 0.1) is 12.8 Å². The standard InChI is InChI=1S/C25H25BrN4O2/c1-17-16-30(25(31)29-22-8-6-18(2)27-15-22)11-10-20(17)12-19-4-3-5-23(13-19)32-24-9-7-21(26)14-28-24/h3-9,12-15,17H,10-11,16H2,1-2H3,(H,29,31)/b20-12+. The molecule has 1 saturated heterocycles. The average molecular weight is 493 g/mol. The van der Waals surface area contributed by atoms with Gasteiger partial charge < -0.3 is 15.0 Å². The highest BCUT2D eigenvalue weighted by molar-refractivity contribution is 9.10. The number of halogens is 1. The fourth-order valence-electron chi connectivity index (χ4n) is 3.62. The predicted molar refractivity (Wildman–Crippen MR) is 130 cm³/mol. The second-order valence-electron chi connectivity index (χ2n) is 7.92. The Balaban J connectivity index is 1.38. The number of aromatic nitrogens is 2. The molecule has 0 aliphatic carbocycles. The van der Waals surface area contributed by atoms with Crippen LogP contribution in [-0.2, 0) is 0 Å². The van der Waals surface area contributed by atoms with Crippen molar-refractivity contribution in [2.75, 3.05) is 18.4 Å². The van der Waals surface area contributed by atoms with Gasteiger partial charge in [0.05, 0.1) is 11.9 Å². The minimum atomic E-state index is -0.0843. The number of piperidine rings is 1. The summed E-state index contributed by atoms with van der Waals surface area (Å²) in [6.07, 6.45) is 6.43. The molecular weight excluding hydrogens is 468 g/mol. The molecule has 1 N–H and O–H groups in total. The molecule has 1 unspecified atom stereocenters. The van der Waals surface area contributed by atoms with Crippen LogP contribution in [0.4, 0.5) is 10.5 Å². The lowest BCUT2D eigenvalue weighted by Gasteiger charge is -2.33. The number of hydrogen-bond acceptors (Lipinski definition) is 4. The van der Waals surface area contributed by atoms with Crippen LogP contribution in [0.2, 0.25) is 0 Å². The number of benzene rings is 1. The van der Waals surface area contributed by atoms with Crippen LogP contribution in [0.3, 0.4) is 0 Å². The minimum absolute atomic E-state index is 0.0843. The highest BCUT2D eigenvalue weighted by Crippen LogP contribution is 2.28. The number of hydrogen-bond donors (Lipinski definition) is 1. The molecule has 32 heavy (non-hydrogen) atoms. The smallest absolute Gasteiger partial charge is 0.321 e. The Hall–Kier alpha value is -3.19. The summed E-state index contributed by atoms with van der Waals surface area (Å²) < 4.78 is 6.79. The number of pyridine rings is 2. The van der Waals surface area contributed by atoms with Crippen LogP contribution in [-0.4, -0.2) is 34.0 Å². The van der Waals surface area contributed by atoms with E-state index in [1.165, 1.54) is 5.57 Å². The third kappa shape index (κ3) is 5.73. The zero-order valence-electron chi connectivity index (χ0n) is 18.1. The Morgan fingerprint density at radius 2 is 2.06 bits per heavy atom. The van der Waals surface area contributed by atoms with E-state index in [0.29, 0.717) is 24.7 Å². The fraction of sp³-hybridized carbons (Fsp3) is 0.240. The van der Waals surface area contributed by atoms with Crippen molar-refractivity contribution >= 4 is 33.7 Å². The fourth-order valence-corrected chi connectivity index (χ4v) is 3.85. The lowest BCUT2D eigenvalue weighted by atomic mass is 9.91. The van der Waals surface area contributed by atoms with Gasteiger partial charge in [-0.1, -0.05) is 30.7 Å². The first kappa shape index (κ1) is 22.0. The summed E-state index contributed by atoms with van der Waals surface area (Å²) in [6, 6.07) is 15.4. The van der Waals surface area contributed by atoms with Crippen molar-refractivity contribution in [3.8, 4) is 11.6 Å². The van der Waals surface area contributed by atoms with E-state index in [1.807, 2.05) is 54.3 Å². The SMILES string of the molecule is Cc1ccc(NC(=O)N2CC/C(=C\c3cccc(Oc4ccc(Br)cn4)c3)C(C)C2)cn1. The molecular formula is C25H25BrN4O2. The zero-order valence-corrected chi connectivity index (χ0v) is 19.7. The summed E-state index contributed by atoms with van der Waals surface area (Å²) >= 11 is 3.38. The van der Waals surface area contributed by atoms with Gasteiger partial charge in [-0.05, 0) is 71.1 Å². The summed E-state index contributed by atoms with van der Waals surface area (Å²) in [4.78, 5) is 23.0. The van der Waals surface area contributed by atoms with Gasteiger partial charge in [0.15, 0.2) is 0 Å². The molecule has 2 aromatic heterocycles. The van der Waals surface area contributed by atoms with Gasteiger partial charge in [0.25, 0.3) is 0 Å². The van der Waals surface area contributed by atoms with E-state index < -0.39 is 0 Å². The van der Waals surface area contributed by atoms with Crippen molar-refractivity contribution < 1.29 is 9.53 Å². The molecule has 3 aromatic rings. The molecule has 7 heteroatoms. The molecule has 1 aromatic carbocycles. The van der Waals surface area contributed by atoms with Crippen LogP contribution < -0.4 is 10.1 Å². The molecule has 0 spiro atoms. The Morgan fingerprint density at radius 3 is 2.78 bits per heavy atom. The molecule has 1 atom stereocenters. The molecule has 4 rings (SSSR count). The molecule has 6 nitrogen and oxygen atoms in total. The van der Waals surface area contributed by atoms with Crippen molar-refractivity contribution in [2.45, 2.75) is 20.3 Å². The highest BCUT2D eigenvalue weighted by atomic mass is 79.9. The molecule has 1 fully saturated rings. The van der Waals surface area contributed by atoms with Crippen LogP contribution >= 0.6 is 15.9 Å². The van der Waals surface area contributed by atoms with Gasteiger partial charge in [0.1, 0.15) is 5.75 Å². The second-order valence-corrected chi connectivity index (χ2v) is 8.84. The Kier molecular flexibility index (Phi) is 6.85. The van der Waals surface area contributed by atoms with Crippen LogP contribution in [0.25, 0.3) is 6.08 Å². The Labute approximate surface area is 196 Å². The molecule has 0 bridgehead atoms. The molecule has 3 heterocycles.